The molecule has 1 aliphatic carbocycles. The van der Waals surface area contributed by atoms with E-state index in [1.165, 1.54) is 6.07 Å². The van der Waals surface area contributed by atoms with Crippen molar-refractivity contribution in [2.45, 2.75) is 35.9 Å². The number of nitrogens with zero attached hydrogens (tertiary/aromatic N) is 2. The molecular weight excluding hydrogens is 502 g/mol. The van der Waals surface area contributed by atoms with Crippen LogP contribution in [0.3, 0.4) is 0 Å². The van der Waals surface area contributed by atoms with Gasteiger partial charge in [-0.3, -0.25) is 15.1 Å². The van der Waals surface area contributed by atoms with Crippen molar-refractivity contribution in [3.63, 3.8) is 0 Å². The lowest BCUT2D eigenvalue weighted by Crippen LogP contribution is -2.67. The number of rotatable bonds is 9. The molecule has 0 bridgehead atoms. The van der Waals surface area contributed by atoms with E-state index in [-0.39, 0.29) is 12.8 Å². The molecule has 2 atom stereocenters. The Kier molecular flexibility index (Phi) is 6.64. The third-order valence-electron chi connectivity index (χ3n) is 5.88. The largest absolute Gasteiger partial charge is 0.407 e. The molecule has 7 nitrogen and oxygen atoms in total. The molecule has 188 valence electrons. The first-order chi connectivity index (χ1) is 16.1. The van der Waals surface area contributed by atoms with Crippen LogP contribution in [0.25, 0.3) is 0 Å². The van der Waals surface area contributed by atoms with Crippen molar-refractivity contribution < 1.29 is 39.6 Å². The Bertz CT molecular complexity index is 1240. The SMILES string of the molecule is N#CC1([C@@](CS(=O)(=O)C(F)(F)c2ccccn2)(N[C@@H](c2ccc(F)cc2)C(F)(F)F)C(N)=O)CC1. The quantitative estimate of drug-likeness (QED) is 0.490. The first-order valence-electron chi connectivity index (χ1n) is 9.94. The number of nitrogens with one attached hydrogen (secondary N) is 1. The van der Waals surface area contributed by atoms with Crippen LogP contribution < -0.4 is 11.1 Å². The van der Waals surface area contributed by atoms with E-state index in [2.05, 4.69) is 4.98 Å². The second-order valence-electron chi connectivity index (χ2n) is 8.12. The Morgan fingerprint density at radius 1 is 1.14 bits per heavy atom. The minimum atomic E-state index is -5.79. The van der Waals surface area contributed by atoms with Crippen molar-refractivity contribution in [1.82, 2.24) is 10.3 Å². The molecule has 2 aromatic rings. The van der Waals surface area contributed by atoms with Crippen molar-refractivity contribution in [3.8, 4) is 6.07 Å². The molecule has 35 heavy (non-hydrogen) atoms. The Morgan fingerprint density at radius 2 is 1.74 bits per heavy atom. The molecule has 0 radical (unpaired) electrons. The number of amides is 1. The predicted molar refractivity (Wildman–Crippen MR) is 109 cm³/mol. The molecule has 1 heterocycles. The van der Waals surface area contributed by atoms with Gasteiger partial charge in [0.1, 0.15) is 23.1 Å². The Labute approximate surface area is 195 Å². The maximum Gasteiger partial charge on any atom is 0.407 e. The van der Waals surface area contributed by atoms with E-state index in [0.717, 1.165) is 24.4 Å². The average molecular weight is 520 g/mol. The summed E-state index contributed by atoms with van der Waals surface area (Å²) >= 11 is 0. The second-order valence-corrected chi connectivity index (χ2v) is 10.2. The fourth-order valence-corrected chi connectivity index (χ4v) is 5.47. The summed E-state index contributed by atoms with van der Waals surface area (Å²) in [6.07, 6.45) is -4.90. The number of nitrogens with two attached hydrogens (primary N) is 1. The number of hydrogen-bond donors (Lipinski definition) is 2. The van der Waals surface area contributed by atoms with Gasteiger partial charge in [-0.05, 0) is 42.7 Å². The van der Waals surface area contributed by atoms with Gasteiger partial charge in [-0.15, -0.1) is 0 Å². The highest BCUT2D eigenvalue weighted by Gasteiger charge is 2.69. The molecule has 0 saturated heterocycles. The topological polar surface area (TPSA) is 126 Å². The molecule has 1 aromatic carbocycles. The van der Waals surface area contributed by atoms with Crippen LogP contribution in [0.4, 0.5) is 26.3 Å². The first kappa shape index (κ1) is 26.4. The van der Waals surface area contributed by atoms with Crippen LogP contribution in [0.2, 0.25) is 0 Å². The summed E-state index contributed by atoms with van der Waals surface area (Å²) in [6, 6.07) is 4.53. The summed E-state index contributed by atoms with van der Waals surface area (Å²) in [4.78, 5) is 15.9. The van der Waals surface area contributed by atoms with E-state index in [4.69, 9.17) is 5.73 Å². The summed E-state index contributed by atoms with van der Waals surface area (Å²) in [5, 5.41) is 6.73. The number of carbonyl (C=O) groups excluding carboxylic acids is 1. The average Bonchev–Trinajstić information content (AvgIpc) is 3.58. The zero-order chi connectivity index (χ0) is 26.3. The number of sulfone groups is 1. The normalized spacial score (nSPS) is 18.2. The van der Waals surface area contributed by atoms with Crippen molar-refractivity contribution in [2.75, 3.05) is 5.75 Å². The van der Waals surface area contributed by atoms with Gasteiger partial charge in [0, 0.05) is 6.20 Å². The number of alkyl halides is 5. The molecular formula is C21H18F6N4O3S. The van der Waals surface area contributed by atoms with Crippen molar-refractivity contribution in [1.29, 1.82) is 5.26 Å². The van der Waals surface area contributed by atoms with Gasteiger partial charge < -0.3 is 5.73 Å². The van der Waals surface area contributed by atoms with Gasteiger partial charge >= 0.3 is 11.4 Å². The number of carbonyl (C=O) groups is 1. The van der Waals surface area contributed by atoms with Crippen LogP contribution in [-0.2, 0) is 19.9 Å². The summed E-state index contributed by atoms with van der Waals surface area (Å²) in [5.41, 5.74) is -1.73. The minimum Gasteiger partial charge on any atom is -0.368 e. The third kappa shape index (κ3) is 4.70. The molecule has 14 heteroatoms. The van der Waals surface area contributed by atoms with Crippen LogP contribution >= 0.6 is 0 Å². The van der Waals surface area contributed by atoms with Crippen LogP contribution in [0, 0.1) is 22.6 Å². The van der Waals surface area contributed by atoms with E-state index in [1.807, 2.05) is 0 Å². The van der Waals surface area contributed by atoms with Gasteiger partial charge in [0.15, 0.2) is 0 Å². The molecule has 0 aliphatic heterocycles. The lowest BCUT2D eigenvalue weighted by Gasteiger charge is -2.40. The van der Waals surface area contributed by atoms with Gasteiger partial charge in [-0.2, -0.15) is 27.2 Å². The highest BCUT2D eigenvalue weighted by Crippen LogP contribution is 2.56. The molecule has 1 fully saturated rings. The van der Waals surface area contributed by atoms with Gasteiger partial charge in [0.2, 0.25) is 15.7 Å². The zero-order valence-electron chi connectivity index (χ0n) is 17.7. The van der Waals surface area contributed by atoms with Crippen LogP contribution in [0.15, 0.2) is 48.7 Å². The number of nitriles is 1. The number of primary amides is 1. The maximum absolute atomic E-state index is 15.0. The Balaban J connectivity index is 2.17. The van der Waals surface area contributed by atoms with E-state index >= 15 is 8.78 Å². The van der Waals surface area contributed by atoms with E-state index < -0.39 is 67.0 Å². The number of pyridine rings is 1. The second kappa shape index (κ2) is 8.80. The highest BCUT2D eigenvalue weighted by atomic mass is 32.2. The van der Waals surface area contributed by atoms with Crippen LogP contribution in [-0.4, -0.2) is 36.8 Å². The minimum absolute atomic E-state index is 0.280. The molecule has 3 rings (SSSR count). The Morgan fingerprint density at radius 3 is 2.17 bits per heavy atom. The maximum atomic E-state index is 15.0. The molecule has 0 spiro atoms. The smallest absolute Gasteiger partial charge is 0.368 e. The summed E-state index contributed by atoms with van der Waals surface area (Å²) < 4.78 is 111. The van der Waals surface area contributed by atoms with Crippen molar-refractivity contribution in [2.24, 2.45) is 11.1 Å². The number of aromatic nitrogens is 1. The summed E-state index contributed by atoms with van der Waals surface area (Å²) in [7, 11) is -5.79. The molecule has 1 aromatic heterocycles. The lowest BCUT2D eigenvalue weighted by molar-refractivity contribution is -0.165. The van der Waals surface area contributed by atoms with Crippen molar-refractivity contribution >= 4 is 15.7 Å². The highest BCUT2D eigenvalue weighted by molar-refractivity contribution is 7.92. The number of hydrogen-bond acceptors (Lipinski definition) is 6. The monoisotopic (exact) mass is 520 g/mol. The number of halogens is 6. The van der Waals surface area contributed by atoms with Gasteiger partial charge in [0.05, 0.1) is 17.2 Å². The van der Waals surface area contributed by atoms with Gasteiger partial charge in [-0.1, -0.05) is 18.2 Å². The fourth-order valence-electron chi connectivity index (χ4n) is 3.78. The first-order valence-corrected chi connectivity index (χ1v) is 11.6. The van der Waals surface area contributed by atoms with Crippen LogP contribution in [0.1, 0.15) is 30.1 Å². The van der Waals surface area contributed by atoms with Crippen molar-refractivity contribution in [3.05, 3.63) is 65.7 Å². The summed E-state index contributed by atoms with van der Waals surface area (Å²) in [5.74, 6) is -4.56. The van der Waals surface area contributed by atoms with Gasteiger partial charge in [0.25, 0.3) is 0 Å². The van der Waals surface area contributed by atoms with E-state index in [9.17, 15) is 36.0 Å². The van der Waals surface area contributed by atoms with Crippen LogP contribution in [0.5, 0.6) is 0 Å². The third-order valence-corrected chi connectivity index (χ3v) is 7.69. The Hall–Kier alpha value is -3.18. The lowest BCUT2D eigenvalue weighted by atomic mass is 9.81. The number of benzene rings is 1. The summed E-state index contributed by atoms with van der Waals surface area (Å²) in [6.45, 7) is 0. The zero-order valence-corrected chi connectivity index (χ0v) is 18.5. The fraction of sp³-hybridized carbons (Fsp3) is 0.381. The molecule has 1 saturated carbocycles. The molecule has 3 N–H and O–H groups in total. The predicted octanol–water partition coefficient (Wildman–Crippen LogP) is 3.11. The molecule has 1 aliphatic rings. The van der Waals surface area contributed by atoms with E-state index in [1.54, 1.807) is 11.4 Å². The van der Waals surface area contributed by atoms with Gasteiger partial charge in [-0.25, -0.2) is 12.8 Å². The van der Waals surface area contributed by atoms with E-state index in [0.29, 0.717) is 18.2 Å². The molecule has 1 amide bonds. The molecule has 0 unspecified atom stereocenters. The standard InChI is InChI=1S/C21H18F6N4O3S/c22-14-6-4-13(5-7-14)16(20(23,24)25)31-19(17(29)32,18(11-28)8-9-18)12-35(33,34)21(26,27)15-3-1-2-10-30-15/h1-7,10,16,31H,8-9,12H2,(H2,29,32)/t16-,19-/m0/s1.